The highest BCUT2D eigenvalue weighted by molar-refractivity contribution is 7.23. The van der Waals surface area contributed by atoms with Gasteiger partial charge in [0.05, 0.1) is 17.0 Å². The minimum Gasteiger partial charge on any atom is -0.459 e. The standard InChI is InChI=1S/C18H13N3O3S2/c22-15-10-13(11-24-16(23)9-12-5-2-1-3-6-12)19-18-21(15)20-17(26-18)14-7-4-8-25-14/h1-8,10H,9,11H2. The average Bonchev–Trinajstić information content (AvgIpc) is 3.30. The number of ether oxygens (including phenoxy) is 1. The molecule has 3 aromatic heterocycles. The number of carbonyl (C=O) groups is 1. The van der Waals surface area contributed by atoms with Gasteiger partial charge in [-0.2, -0.15) is 9.61 Å². The zero-order valence-electron chi connectivity index (χ0n) is 13.5. The second kappa shape index (κ2) is 7.19. The van der Waals surface area contributed by atoms with Gasteiger partial charge >= 0.3 is 5.97 Å². The van der Waals surface area contributed by atoms with Gasteiger partial charge in [0.15, 0.2) is 5.01 Å². The smallest absolute Gasteiger partial charge is 0.310 e. The van der Waals surface area contributed by atoms with Crippen molar-refractivity contribution < 1.29 is 9.53 Å². The van der Waals surface area contributed by atoms with E-state index < -0.39 is 0 Å². The first-order valence-electron chi connectivity index (χ1n) is 7.82. The summed E-state index contributed by atoms with van der Waals surface area (Å²) < 4.78 is 6.52. The Bertz CT molecular complexity index is 1100. The van der Waals surface area contributed by atoms with Crippen LogP contribution in [0.15, 0.2) is 58.7 Å². The van der Waals surface area contributed by atoms with Crippen molar-refractivity contribution in [1.29, 1.82) is 0 Å². The Kier molecular flexibility index (Phi) is 4.59. The number of thiophene rings is 1. The number of hydrogen-bond donors (Lipinski definition) is 0. The number of hydrogen-bond acceptors (Lipinski definition) is 7. The first-order chi connectivity index (χ1) is 12.7. The van der Waals surface area contributed by atoms with E-state index in [1.165, 1.54) is 21.9 Å². The highest BCUT2D eigenvalue weighted by Gasteiger charge is 2.12. The van der Waals surface area contributed by atoms with E-state index in [2.05, 4.69) is 10.1 Å². The summed E-state index contributed by atoms with van der Waals surface area (Å²) in [6.07, 6.45) is 0.186. The average molecular weight is 383 g/mol. The molecule has 26 heavy (non-hydrogen) atoms. The van der Waals surface area contributed by atoms with Gasteiger partial charge in [0, 0.05) is 6.07 Å². The van der Waals surface area contributed by atoms with E-state index in [0.29, 0.717) is 10.7 Å². The van der Waals surface area contributed by atoms with Crippen LogP contribution in [0.25, 0.3) is 14.8 Å². The molecule has 0 spiro atoms. The summed E-state index contributed by atoms with van der Waals surface area (Å²) in [4.78, 5) is 30.1. The number of fused-ring (bicyclic) bond motifs is 1. The van der Waals surface area contributed by atoms with Crippen molar-refractivity contribution in [3.05, 3.63) is 75.5 Å². The molecule has 0 amide bonds. The summed E-state index contributed by atoms with van der Waals surface area (Å²) in [7, 11) is 0. The van der Waals surface area contributed by atoms with E-state index in [9.17, 15) is 9.59 Å². The molecule has 0 aliphatic carbocycles. The van der Waals surface area contributed by atoms with Gasteiger partial charge in [0.2, 0.25) is 4.96 Å². The quantitative estimate of drug-likeness (QED) is 0.495. The van der Waals surface area contributed by atoms with Gasteiger partial charge in [-0.25, -0.2) is 4.98 Å². The molecule has 0 atom stereocenters. The first kappa shape index (κ1) is 16.6. The van der Waals surface area contributed by atoms with Crippen molar-refractivity contribution in [2.75, 3.05) is 0 Å². The van der Waals surface area contributed by atoms with Gasteiger partial charge in [-0.3, -0.25) is 9.59 Å². The highest BCUT2D eigenvalue weighted by Crippen LogP contribution is 2.28. The van der Waals surface area contributed by atoms with Crippen LogP contribution < -0.4 is 5.56 Å². The topological polar surface area (TPSA) is 73.6 Å². The molecule has 0 unspecified atom stereocenters. The van der Waals surface area contributed by atoms with Crippen LogP contribution in [-0.4, -0.2) is 20.6 Å². The molecule has 0 radical (unpaired) electrons. The molecule has 0 saturated heterocycles. The fourth-order valence-corrected chi connectivity index (χ4v) is 4.11. The molecule has 8 heteroatoms. The Morgan fingerprint density at radius 1 is 1.15 bits per heavy atom. The monoisotopic (exact) mass is 383 g/mol. The van der Waals surface area contributed by atoms with Crippen molar-refractivity contribution in [3.8, 4) is 9.88 Å². The van der Waals surface area contributed by atoms with Crippen molar-refractivity contribution in [2.45, 2.75) is 13.0 Å². The minimum atomic E-state index is -0.359. The molecule has 0 aliphatic heterocycles. The normalized spacial score (nSPS) is 10.9. The summed E-state index contributed by atoms with van der Waals surface area (Å²) in [6.45, 7) is -0.0381. The van der Waals surface area contributed by atoms with Crippen molar-refractivity contribution in [1.82, 2.24) is 14.6 Å². The van der Waals surface area contributed by atoms with Gasteiger partial charge < -0.3 is 4.74 Å². The Balaban J connectivity index is 1.50. The lowest BCUT2D eigenvalue weighted by molar-refractivity contribution is -0.144. The maximum atomic E-state index is 12.2. The van der Waals surface area contributed by atoms with Crippen LogP contribution in [0.2, 0.25) is 0 Å². The van der Waals surface area contributed by atoms with Gasteiger partial charge in [-0.15, -0.1) is 11.3 Å². The molecule has 6 nitrogen and oxygen atoms in total. The van der Waals surface area contributed by atoms with Gasteiger partial charge in [-0.1, -0.05) is 47.7 Å². The summed E-state index contributed by atoms with van der Waals surface area (Å²) in [5, 5.41) is 7.00. The molecule has 3 heterocycles. The molecule has 0 N–H and O–H groups in total. The second-order valence-electron chi connectivity index (χ2n) is 5.49. The summed E-state index contributed by atoms with van der Waals surface area (Å²) in [6, 6.07) is 14.6. The van der Waals surface area contributed by atoms with Crippen LogP contribution in [0.3, 0.4) is 0 Å². The van der Waals surface area contributed by atoms with Crippen molar-refractivity contribution >= 4 is 33.6 Å². The number of rotatable bonds is 5. The maximum absolute atomic E-state index is 12.2. The Morgan fingerprint density at radius 2 is 2.00 bits per heavy atom. The van der Waals surface area contributed by atoms with E-state index in [1.54, 1.807) is 11.3 Å². The van der Waals surface area contributed by atoms with Crippen LogP contribution in [0.4, 0.5) is 0 Å². The molecule has 4 aromatic rings. The zero-order valence-corrected chi connectivity index (χ0v) is 15.1. The Hall–Kier alpha value is -2.84. The second-order valence-corrected chi connectivity index (χ2v) is 7.39. The van der Waals surface area contributed by atoms with Gasteiger partial charge in [-0.05, 0) is 17.0 Å². The molecular formula is C18H13N3O3S2. The van der Waals surface area contributed by atoms with E-state index >= 15 is 0 Å². The summed E-state index contributed by atoms with van der Waals surface area (Å²) in [5.41, 5.74) is 1.00. The number of esters is 1. The summed E-state index contributed by atoms with van der Waals surface area (Å²) in [5.74, 6) is -0.359. The third-order valence-electron chi connectivity index (χ3n) is 3.60. The fourth-order valence-electron chi connectivity index (χ4n) is 2.40. The molecule has 1 aromatic carbocycles. The Labute approximate surface area is 156 Å². The number of carbonyl (C=O) groups excluding carboxylic acids is 1. The molecule has 4 rings (SSSR count). The van der Waals surface area contributed by atoms with Crippen LogP contribution in [-0.2, 0) is 22.6 Å². The number of benzene rings is 1. The van der Waals surface area contributed by atoms with Crippen LogP contribution in [0.1, 0.15) is 11.3 Å². The van der Waals surface area contributed by atoms with Crippen molar-refractivity contribution in [3.63, 3.8) is 0 Å². The fraction of sp³-hybridized carbons (Fsp3) is 0.111. The van der Waals surface area contributed by atoms with Crippen LogP contribution >= 0.6 is 22.7 Å². The number of aromatic nitrogens is 3. The third kappa shape index (κ3) is 3.56. The third-order valence-corrected chi connectivity index (χ3v) is 5.55. The molecule has 0 saturated carbocycles. The molecule has 0 bridgehead atoms. The van der Waals surface area contributed by atoms with Gasteiger partial charge in [0.25, 0.3) is 5.56 Å². The lowest BCUT2D eigenvalue weighted by atomic mass is 10.2. The summed E-state index contributed by atoms with van der Waals surface area (Å²) >= 11 is 2.88. The largest absolute Gasteiger partial charge is 0.459 e. The lowest BCUT2D eigenvalue weighted by Crippen LogP contribution is -2.17. The van der Waals surface area contributed by atoms with E-state index in [4.69, 9.17) is 4.74 Å². The predicted octanol–water partition coefficient (Wildman–Crippen LogP) is 3.17. The van der Waals surface area contributed by atoms with E-state index in [0.717, 1.165) is 15.4 Å². The molecule has 0 aliphatic rings. The van der Waals surface area contributed by atoms with Crippen LogP contribution in [0, 0.1) is 0 Å². The van der Waals surface area contributed by atoms with Crippen LogP contribution in [0.5, 0.6) is 0 Å². The predicted molar refractivity (Wildman–Crippen MR) is 100 cm³/mol. The highest BCUT2D eigenvalue weighted by atomic mass is 32.1. The molecular weight excluding hydrogens is 370 g/mol. The minimum absolute atomic E-state index is 0.0381. The van der Waals surface area contributed by atoms with E-state index in [-0.39, 0.29) is 24.6 Å². The SMILES string of the molecule is O=C(Cc1ccccc1)OCc1cc(=O)n2nc(-c3cccs3)sc2n1. The number of nitrogens with zero attached hydrogens (tertiary/aromatic N) is 3. The van der Waals surface area contributed by atoms with Crippen molar-refractivity contribution in [2.24, 2.45) is 0 Å². The molecule has 0 fully saturated rings. The maximum Gasteiger partial charge on any atom is 0.310 e. The first-order valence-corrected chi connectivity index (χ1v) is 9.52. The lowest BCUT2D eigenvalue weighted by Gasteiger charge is -2.04. The van der Waals surface area contributed by atoms with E-state index in [1.807, 2.05) is 47.8 Å². The van der Waals surface area contributed by atoms with Gasteiger partial charge in [0.1, 0.15) is 6.61 Å². The Morgan fingerprint density at radius 3 is 2.77 bits per heavy atom. The zero-order chi connectivity index (χ0) is 17.9. The molecule has 130 valence electrons.